The van der Waals surface area contributed by atoms with Crippen molar-refractivity contribution in [2.75, 3.05) is 37.4 Å². The number of nitrogens with one attached hydrogen (secondary N) is 3. The van der Waals surface area contributed by atoms with Crippen LogP contribution in [0.4, 0.5) is 17.5 Å². The Morgan fingerprint density at radius 2 is 2.03 bits per heavy atom. The van der Waals surface area contributed by atoms with Crippen molar-refractivity contribution in [3.63, 3.8) is 0 Å². The van der Waals surface area contributed by atoms with E-state index in [1.54, 1.807) is 18.3 Å². The molecule has 9 nitrogen and oxygen atoms in total. The standard InChI is InChI=1S/C20H25BrN6O3S/c1-14(13-28)24-19-18(21)11-22-20(26-19)25-16-5-7-17(8-6-16)31(29,30)23-10-15-4-3-9-27(2)12-15/h3-8,11-12,14,23,28H,9-10,13H2,1-2H3,(H2,22,24,25,26)/t14-/m1/s1. The van der Waals surface area contributed by atoms with Gasteiger partial charge in [-0.3, -0.25) is 0 Å². The number of aromatic nitrogens is 2. The molecule has 0 spiro atoms. The van der Waals surface area contributed by atoms with Crippen LogP contribution in [0.2, 0.25) is 0 Å². The molecule has 0 unspecified atom stereocenters. The maximum absolute atomic E-state index is 12.6. The van der Waals surface area contributed by atoms with E-state index in [-0.39, 0.29) is 24.1 Å². The number of rotatable bonds is 9. The van der Waals surface area contributed by atoms with Crippen molar-refractivity contribution in [2.24, 2.45) is 0 Å². The van der Waals surface area contributed by atoms with Gasteiger partial charge in [0.05, 0.1) is 16.0 Å². The number of halogens is 1. The first-order valence-electron chi connectivity index (χ1n) is 9.61. The lowest BCUT2D eigenvalue weighted by Gasteiger charge is -2.18. The van der Waals surface area contributed by atoms with Crippen LogP contribution < -0.4 is 15.4 Å². The van der Waals surface area contributed by atoms with E-state index in [1.807, 2.05) is 37.2 Å². The second-order valence-corrected chi connectivity index (χ2v) is 9.76. The lowest BCUT2D eigenvalue weighted by atomic mass is 10.2. The van der Waals surface area contributed by atoms with Gasteiger partial charge in [-0.2, -0.15) is 4.98 Å². The van der Waals surface area contributed by atoms with Crippen molar-refractivity contribution >= 4 is 43.4 Å². The normalized spacial score (nSPS) is 14.8. The SMILES string of the molecule is C[C@H](CO)Nc1nc(Nc2ccc(S(=O)(=O)NCC3=CN(C)CC=C3)cc2)ncc1Br. The monoisotopic (exact) mass is 508 g/mol. The van der Waals surface area contributed by atoms with Crippen LogP contribution in [0.3, 0.4) is 0 Å². The minimum absolute atomic E-state index is 0.0343. The van der Waals surface area contributed by atoms with Gasteiger partial charge in [-0.15, -0.1) is 0 Å². The molecule has 0 saturated carbocycles. The summed E-state index contributed by atoms with van der Waals surface area (Å²) >= 11 is 3.37. The summed E-state index contributed by atoms with van der Waals surface area (Å²) < 4.78 is 28.5. The number of aliphatic hydroxyl groups excluding tert-OH is 1. The third kappa shape index (κ3) is 6.50. The topological polar surface area (TPSA) is 119 Å². The Balaban J connectivity index is 1.66. The van der Waals surface area contributed by atoms with E-state index in [1.165, 1.54) is 12.1 Å². The minimum atomic E-state index is -3.64. The van der Waals surface area contributed by atoms with Gasteiger partial charge in [0.25, 0.3) is 0 Å². The fourth-order valence-electron chi connectivity index (χ4n) is 2.77. The van der Waals surface area contributed by atoms with Gasteiger partial charge < -0.3 is 20.6 Å². The number of anilines is 3. The molecule has 1 atom stereocenters. The molecule has 1 aromatic heterocycles. The molecule has 0 bridgehead atoms. The highest BCUT2D eigenvalue weighted by Crippen LogP contribution is 2.23. The van der Waals surface area contributed by atoms with Gasteiger partial charge in [0, 0.05) is 44.3 Å². The van der Waals surface area contributed by atoms with Gasteiger partial charge >= 0.3 is 0 Å². The van der Waals surface area contributed by atoms with Crippen LogP contribution >= 0.6 is 15.9 Å². The predicted molar refractivity (Wildman–Crippen MR) is 125 cm³/mol. The minimum Gasteiger partial charge on any atom is -0.394 e. The molecule has 1 aliphatic rings. The molecule has 0 saturated heterocycles. The summed E-state index contributed by atoms with van der Waals surface area (Å²) in [6.45, 7) is 2.82. The van der Waals surface area contributed by atoms with Gasteiger partial charge in [0.2, 0.25) is 16.0 Å². The maximum atomic E-state index is 12.6. The maximum Gasteiger partial charge on any atom is 0.240 e. The number of hydrogen-bond acceptors (Lipinski definition) is 8. The highest BCUT2D eigenvalue weighted by Gasteiger charge is 2.15. The molecule has 0 aliphatic carbocycles. The first-order valence-corrected chi connectivity index (χ1v) is 11.9. The zero-order valence-electron chi connectivity index (χ0n) is 17.2. The average molecular weight is 509 g/mol. The number of nitrogens with zero attached hydrogens (tertiary/aromatic N) is 3. The zero-order valence-corrected chi connectivity index (χ0v) is 19.6. The predicted octanol–water partition coefficient (Wildman–Crippen LogP) is 2.44. The summed E-state index contributed by atoms with van der Waals surface area (Å²) in [5.41, 5.74) is 1.53. The summed E-state index contributed by atoms with van der Waals surface area (Å²) in [6.07, 6.45) is 7.41. The van der Waals surface area contributed by atoms with E-state index >= 15 is 0 Å². The molecule has 0 amide bonds. The van der Waals surface area contributed by atoms with E-state index in [2.05, 4.69) is 41.3 Å². The first kappa shape index (κ1) is 23.2. The summed E-state index contributed by atoms with van der Waals surface area (Å²) in [5.74, 6) is 0.879. The van der Waals surface area contributed by atoms with Crippen molar-refractivity contribution in [3.8, 4) is 0 Å². The summed E-state index contributed by atoms with van der Waals surface area (Å²) in [5, 5.41) is 15.3. The van der Waals surface area contributed by atoms with Gasteiger partial charge in [0.15, 0.2) is 0 Å². The van der Waals surface area contributed by atoms with E-state index in [0.29, 0.717) is 21.9 Å². The van der Waals surface area contributed by atoms with Crippen molar-refractivity contribution in [3.05, 3.63) is 58.9 Å². The van der Waals surface area contributed by atoms with Gasteiger partial charge in [-0.1, -0.05) is 12.2 Å². The van der Waals surface area contributed by atoms with Crippen LogP contribution in [0.15, 0.2) is 63.8 Å². The lowest BCUT2D eigenvalue weighted by Crippen LogP contribution is -2.27. The second-order valence-electron chi connectivity index (χ2n) is 7.14. The Labute approximate surface area is 190 Å². The summed E-state index contributed by atoms with van der Waals surface area (Å²) in [7, 11) is -1.70. The Morgan fingerprint density at radius 1 is 1.29 bits per heavy atom. The van der Waals surface area contributed by atoms with Crippen molar-refractivity contribution in [2.45, 2.75) is 17.9 Å². The quantitative estimate of drug-likeness (QED) is 0.407. The number of hydrogen-bond donors (Lipinski definition) is 4. The highest BCUT2D eigenvalue weighted by molar-refractivity contribution is 9.10. The number of benzene rings is 1. The zero-order chi connectivity index (χ0) is 22.4. The highest BCUT2D eigenvalue weighted by atomic mass is 79.9. The number of sulfonamides is 1. The van der Waals surface area contributed by atoms with Crippen molar-refractivity contribution < 1.29 is 13.5 Å². The average Bonchev–Trinajstić information content (AvgIpc) is 2.75. The number of likely N-dealkylation sites (N-methyl/N-ethyl adjacent to an activating group) is 1. The summed E-state index contributed by atoms with van der Waals surface area (Å²) in [4.78, 5) is 10.7. The van der Waals surface area contributed by atoms with Crippen molar-refractivity contribution in [1.29, 1.82) is 0 Å². The van der Waals surface area contributed by atoms with Crippen LogP contribution in [0.5, 0.6) is 0 Å². The largest absolute Gasteiger partial charge is 0.394 e. The molecule has 166 valence electrons. The number of aliphatic hydroxyl groups is 1. The Kier molecular flexibility index (Phi) is 7.65. The third-order valence-electron chi connectivity index (χ3n) is 4.40. The van der Waals surface area contributed by atoms with E-state index in [0.717, 1.165) is 12.1 Å². The van der Waals surface area contributed by atoms with Crippen LogP contribution in [0.25, 0.3) is 0 Å². The molecular weight excluding hydrogens is 484 g/mol. The smallest absolute Gasteiger partial charge is 0.240 e. The fraction of sp³-hybridized carbons (Fsp3) is 0.300. The molecule has 1 aromatic carbocycles. The second kappa shape index (κ2) is 10.2. The Morgan fingerprint density at radius 3 is 2.71 bits per heavy atom. The Bertz CT molecular complexity index is 1070. The third-order valence-corrected chi connectivity index (χ3v) is 6.40. The lowest BCUT2D eigenvalue weighted by molar-refractivity contribution is 0.281. The molecule has 3 rings (SSSR count). The Hall–Kier alpha value is -2.47. The molecule has 2 heterocycles. The fourth-order valence-corrected chi connectivity index (χ4v) is 4.09. The van der Waals surface area contributed by atoms with Crippen LogP contribution in [-0.4, -0.2) is 61.2 Å². The van der Waals surface area contributed by atoms with E-state index < -0.39 is 10.0 Å². The molecular formula is C20H25BrN6O3S. The first-order chi connectivity index (χ1) is 14.8. The van der Waals surface area contributed by atoms with E-state index in [4.69, 9.17) is 0 Å². The van der Waals surface area contributed by atoms with Gasteiger partial charge in [0.1, 0.15) is 5.82 Å². The van der Waals surface area contributed by atoms with Crippen LogP contribution in [0, 0.1) is 0 Å². The molecule has 0 radical (unpaired) electrons. The van der Waals surface area contributed by atoms with Crippen LogP contribution in [-0.2, 0) is 10.0 Å². The molecule has 0 fully saturated rings. The summed E-state index contributed by atoms with van der Waals surface area (Å²) in [6, 6.07) is 6.17. The molecule has 1 aliphatic heterocycles. The molecule has 4 N–H and O–H groups in total. The van der Waals surface area contributed by atoms with Gasteiger partial charge in [-0.05, 0) is 52.7 Å². The van der Waals surface area contributed by atoms with E-state index in [9.17, 15) is 13.5 Å². The molecule has 2 aromatic rings. The van der Waals surface area contributed by atoms with Gasteiger partial charge in [-0.25, -0.2) is 18.1 Å². The van der Waals surface area contributed by atoms with Crippen molar-refractivity contribution in [1.82, 2.24) is 19.6 Å². The van der Waals surface area contributed by atoms with Crippen LogP contribution in [0.1, 0.15) is 6.92 Å². The molecule has 31 heavy (non-hydrogen) atoms. The molecule has 11 heteroatoms.